The third kappa shape index (κ3) is 2.85. The zero-order chi connectivity index (χ0) is 14.8. The number of nitrogens with two attached hydrogens (primary N) is 1. The monoisotopic (exact) mass is 343 g/mol. The normalized spacial score (nSPS) is 12.5. The van der Waals surface area contributed by atoms with Crippen LogP contribution in [0.25, 0.3) is 10.8 Å². The maximum absolute atomic E-state index is 13.9. The van der Waals surface area contributed by atoms with Crippen LogP contribution in [0, 0.1) is 5.82 Å². The molecule has 3 aromatic rings. The van der Waals surface area contributed by atoms with Gasteiger partial charge in [0.05, 0.1) is 0 Å². The van der Waals surface area contributed by atoms with E-state index in [2.05, 4.69) is 22.0 Å². The van der Waals surface area contributed by atoms with Crippen molar-refractivity contribution in [3.05, 3.63) is 82.1 Å². The van der Waals surface area contributed by atoms with Crippen molar-refractivity contribution in [1.29, 1.82) is 0 Å². The van der Waals surface area contributed by atoms with Crippen molar-refractivity contribution < 1.29 is 4.39 Å². The molecule has 0 aliphatic rings. The van der Waals surface area contributed by atoms with Gasteiger partial charge in [-0.15, -0.1) is 0 Å². The second kappa shape index (κ2) is 5.96. The van der Waals surface area contributed by atoms with Crippen LogP contribution in [0.4, 0.5) is 4.39 Å². The standard InChI is InChI=1S/C18H15BrFN/c19-16-8-4-1-5-12(16)11-18(21)15-9-10-17(20)14-7-3-2-6-13(14)15/h1-10,18H,11,21H2. The Bertz CT molecular complexity index is 785. The van der Waals surface area contributed by atoms with E-state index in [0.29, 0.717) is 11.8 Å². The third-order valence-electron chi connectivity index (χ3n) is 3.70. The van der Waals surface area contributed by atoms with Gasteiger partial charge in [0.2, 0.25) is 0 Å². The Hall–Kier alpha value is -1.71. The summed E-state index contributed by atoms with van der Waals surface area (Å²) in [5.74, 6) is -0.206. The largest absolute Gasteiger partial charge is 0.324 e. The molecular formula is C18H15BrFN. The molecule has 3 rings (SSSR count). The summed E-state index contributed by atoms with van der Waals surface area (Å²) < 4.78 is 14.9. The van der Waals surface area contributed by atoms with Gasteiger partial charge < -0.3 is 5.73 Å². The molecule has 0 fully saturated rings. The van der Waals surface area contributed by atoms with Crippen molar-refractivity contribution in [2.45, 2.75) is 12.5 Å². The smallest absolute Gasteiger partial charge is 0.131 e. The van der Waals surface area contributed by atoms with Crippen molar-refractivity contribution in [3.8, 4) is 0 Å². The molecule has 0 aliphatic heterocycles. The predicted molar refractivity (Wildman–Crippen MR) is 88.7 cm³/mol. The van der Waals surface area contributed by atoms with E-state index in [-0.39, 0.29) is 11.9 Å². The molecule has 2 N–H and O–H groups in total. The summed E-state index contributed by atoms with van der Waals surface area (Å²) in [6, 6.07) is 18.6. The Labute approximate surface area is 131 Å². The second-order valence-corrected chi connectivity index (χ2v) is 5.94. The molecule has 0 spiro atoms. The molecule has 1 atom stereocenters. The van der Waals surface area contributed by atoms with Crippen LogP contribution in [0.3, 0.4) is 0 Å². The molecule has 1 unspecified atom stereocenters. The average molecular weight is 344 g/mol. The van der Waals surface area contributed by atoms with Gasteiger partial charge in [0.25, 0.3) is 0 Å². The molecule has 3 heteroatoms. The van der Waals surface area contributed by atoms with Crippen LogP contribution < -0.4 is 5.73 Å². The highest BCUT2D eigenvalue weighted by Gasteiger charge is 2.13. The molecule has 3 aromatic carbocycles. The van der Waals surface area contributed by atoms with Crippen LogP contribution in [0.1, 0.15) is 17.2 Å². The number of benzene rings is 3. The number of rotatable bonds is 3. The lowest BCUT2D eigenvalue weighted by Crippen LogP contribution is -2.14. The molecule has 0 radical (unpaired) electrons. The van der Waals surface area contributed by atoms with Gasteiger partial charge in [-0.2, -0.15) is 0 Å². The molecule has 0 bridgehead atoms. The number of fused-ring (bicyclic) bond motifs is 1. The highest BCUT2D eigenvalue weighted by atomic mass is 79.9. The molecule has 0 aliphatic carbocycles. The Morgan fingerprint density at radius 1 is 0.905 bits per heavy atom. The summed E-state index contributed by atoms with van der Waals surface area (Å²) in [7, 11) is 0. The maximum Gasteiger partial charge on any atom is 0.131 e. The number of hydrogen-bond acceptors (Lipinski definition) is 1. The molecule has 106 valence electrons. The first-order chi connectivity index (χ1) is 10.2. The second-order valence-electron chi connectivity index (χ2n) is 5.08. The van der Waals surface area contributed by atoms with Crippen LogP contribution in [0.5, 0.6) is 0 Å². The van der Waals surface area contributed by atoms with Crippen molar-refractivity contribution in [1.82, 2.24) is 0 Å². The van der Waals surface area contributed by atoms with E-state index in [4.69, 9.17) is 5.73 Å². The van der Waals surface area contributed by atoms with Crippen molar-refractivity contribution in [3.63, 3.8) is 0 Å². The molecule has 0 heterocycles. The molecule has 1 nitrogen and oxygen atoms in total. The lowest BCUT2D eigenvalue weighted by Gasteiger charge is -2.16. The Morgan fingerprint density at radius 2 is 1.57 bits per heavy atom. The minimum Gasteiger partial charge on any atom is -0.324 e. The molecular weight excluding hydrogens is 329 g/mol. The van der Waals surface area contributed by atoms with E-state index < -0.39 is 0 Å². The van der Waals surface area contributed by atoms with E-state index in [0.717, 1.165) is 21.0 Å². The van der Waals surface area contributed by atoms with E-state index in [1.807, 2.05) is 36.4 Å². The molecule has 0 aromatic heterocycles. The van der Waals surface area contributed by atoms with Gasteiger partial charge in [0, 0.05) is 15.9 Å². The van der Waals surface area contributed by atoms with E-state index >= 15 is 0 Å². The zero-order valence-electron chi connectivity index (χ0n) is 11.4. The van der Waals surface area contributed by atoms with Gasteiger partial charge in [-0.05, 0) is 35.1 Å². The summed E-state index contributed by atoms with van der Waals surface area (Å²) >= 11 is 3.54. The van der Waals surface area contributed by atoms with Gasteiger partial charge in [0.15, 0.2) is 0 Å². The number of halogens is 2. The number of hydrogen-bond donors (Lipinski definition) is 1. The van der Waals surface area contributed by atoms with Gasteiger partial charge in [-0.25, -0.2) is 4.39 Å². The topological polar surface area (TPSA) is 26.0 Å². The fourth-order valence-electron chi connectivity index (χ4n) is 2.62. The quantitative estimate of drug-likeness (QED) is 0.712. The fraction of sp³-hybridized carbons (Fsp3) is 0.111. The molecule has 0 saturated heterocycles. The summed E-state index contributed by atoms with van der Waals surface area (Å²) in [6.45, 7) is 0. The van der Waals surface area contributed by atoms with Gasteiger partial charge in [0.1, 0.15) is 5.82 Å². The average Bonchev–Trinajstić information content (AvgIpc) is 2.50. The fourth-order valence-corrected chi connectivity index (χ4v) is 3.07. The van der Waals surface area contributed by atoms with Gasteiger partial charge in [-0.3, -0.25) is 0 Å². The highest BCUT2D eigenvalue weighted by Crippen LogP contribution is 2.28. The predicted octanol–water partition coefficient (Wildman–Crippen LogP) is 4.98. The van der Waals surface area contributed by atoms with E-state index in [1.54, 1.807) is 12.1 Å². The van der Waals surface area contributed by atoms with Crippen LogP contribution in [0.15, 0.2) is 65.1 Å². The van der Waals surface area contributed by atoms with Crippen LogP contribution >= 0.6 is 15.9 Å². The Balaban J connectivity index is 2.01. The van der Waals surface area contributed by atoms with Crippen molar-refractivity contribution in [2.24, 2.45) is 5.73 Å². The van der Waals surface area contributed by atoms with Gasteiger partial charge >= 0.3 is 0 Å². The Kier molecular flexibility index (Phi) is 4.04. The summed E-state index contributed by atoms with van der Waals surface area (Å²) in [5.41, 5.74) is 8.49. The SMILES string of the molecule is NC(Cc1ccccc1Br)c1ccc(F)c2ccccc12. The first-order valence-electron chi connectivity index (χ1n) is 6.83. The lowest BCUT2D eigenvalue weighted by molar-refractivity contribution is 0.637. The van der Waals surface area contributed by atoms with E-state index in [9.17, 15) is 4.39 Å². The summed E-state index contributed by atoms with van der Waals surface area (Å²) in [4.78, 5) is 0. The minimum atomic E-state index is -0.206. The molecule has 0 amide bonds. The van der Waals surface area contributed by atoms with Crippen LogP contribution in [-0.4, -0.2) is 0 Å². The van der Waals surface area contributed by atoms with Gasteiger partial charge in [-0.1, -0.05) is 64.5 Å². The van der Waals surface area contributed by atoms with Crippen LogP contribution in [0.2, 0.25) is 0 Å². The zero-order valence-corrected chi connectivity index (χ0v) is 13.0. The molecule has 0 saturated carbocycles. The lowest BCUT2D eigenvalue weighted by atomic mass is 9.94. The Morgan fingerprint density at radius 3 is 2.33 bits per heavy atom. The first-order valence-corrected chi connectivity index (χ1v) is 7.62. The summed E-state index contributed by atoms with van der Waals surface area (Å²) in [5, 5.41) is 1.51. The first kappa shape index (κ1) is 14.2. The maximum atomic E-state index is 13.9. The highest BCUT2D eigenvalue weighted by molar-refractivity contribution is 9.10. The van der Waals surface area contributed by atoms with Crippen LogP contribution in [-0.2, 0) is 6.42 Å². The summed E-state index contributed by atoms with van der Waals surface area (Å²) in [6.07, 6.45) is 0.705. The minimum absolute atomic E-state index is 0.172. The van der Waals surface area contributed by atoms with E-state index in [1.165, 1.54) is 6.07 Å². The molecule has 21 heavy (non-hydrogen) atoms. The third-order valence-corrected chi connectivity index (χ3v) is 4.48. The van der Waals surface area contributed by atoms with Crippen molar-refractivity contribution in [2.75, 3.05) is 0 Å². The van der Waals surface area contributed by atoms with Crippen molar-refractivity contribution >= 4 is 26.7 Å².